The van der Waals surface area contributed by atoms with Crippen LogP contribution >= 0.6 is 15.9 Å². The quantitative estimate of drug-likeness (QED) is 0.480. The Labute approximate surface area is 172 Å². The van der Waals surface area contributed by atoms with E-state index in [2.05, 4.69) is 15.9 Å². The van der Waals surface area contributed by atoms with Crippen molar-refractivity contribution in [1.82, 2.24) is 4.31 Å². The first-order valence-corrected chi connectivity index (χ1v) is 11.2. The zero-order chi connectivity index (χ0) is 20.1. The maximum Gasteiger partial charge on any atom is 0.338 e. The molecule has 1 heterocycles. The monoisotopic (exact) mass is 465 g/mol. The first kappa shape index (κ1) is 20.7. The summed E-state index contributed by atoms with van der Waals surface area (Å²) in [6.07, 6.45) is 2.76. The molecule has 28 heavy (non-hydrogen) atoms. The Balaban J connectivity index is 1.63. The van der Waals surface area contributed by atoms with Crippen LogP contribution in [0.1, 0.15) is 40.0 Å². The van der Waals surface area contributed by atoms with Gasteiger partial charge in [0.25, 0.3) is 0 Å². The van der Waals surface area contributed by atoms with Gasteiger partial charge in [0.2, 0.25) is 10.0 Å². The van der Waals surface area contributed by atoms with Gasteiger partial charge in [-0.25, -0.2) is 13.2 Å². The van der Waals surface area contributed by atoms with Gasteiger partial charge >= 0.3 is 5.97 Å². The molecular formula is C20H20BrNO5S. The molecule has 0 bridgehead atoms. The lowest BCUT2D eigenvalue weighted by atomic mass is 10.1. The zero-order valence-corrected chi connectivity index (χ0v) is 17.5. The number of carbonyl (C=O) groups is 2. The van der Waals surface area contributed by atoms with Gasteiger partial charge in [-0.3, -0.25) is 4.79 Å². The number of hydrogen-bond donors (Lipinski definition) is 0. The summed E-state index contributed by atoms with van der Waals surface area (Å²) < 4.78 is 32.5. The van der Waals surface area contributed by atoms with Crippen molar-refractivity contribution in [2.24, 2.45) is 0 Å². The number of Topliss-reactive ketones (excluding diaryl/α,β-unsaturated/α-hetero) is 1. The van der Waals surface area contributed by atoms with Gasteiger partial charge in [0, 0.05) is 23.1 Å². The van der Waals surface area contributed by atoms with Crippen LogP contribution in [-0.2, 0) is 14.8 Å². The van der Waals surface area contributed by atoms with Gasteiger partial charge in [0.1, 0.15) is 0 Å². The number of benzene rings is 2. The van der Waals surface area contributed by atoms with E-state index in [0.29, 0.717) is 24.2 Å². The number of ketones is 1. The summed E-state index contributed by atoms with van der Waals surface area (Å²) in [5, 5.41) is 0. The number of nitrogens with zero attached hydrogens (tertiary/aromatic N) is 1. The molecule has 1 aliphatic heterocycles. The number of rotatable bonds is 6. The van der Waals surface area contributed by atoms with E-state index in [4.69, 9.17) is 4.74 Å². The van der Waals surface area contributed by atoms with Gasteiger partial charge in [0.05, 0.1) is 10.5 Å². The minimum atomic E-state index is -3.54. The first-order valence-electron chi connectivity index (χ1n) is 8.94. The lowest BCUT2D eigenvalue weighted by molar-refractivity contribution is 0.0474. The molecule has 2 aromatic rings. The summed E-state index contributed by atoms with van der Waals surface area (Å²) in [5.74, 6) is -0.996. The first-order chi connectivity index (χ1) is 13.4. The molecule has 0 N–H and O–H groups in total. The predicted molar refractivity (Wildman–Crippen MR) is 108 cm³/mol. The maximum absolute atomic E-state index is 12.6. The van der Waals surface area contributed by atoms with E-state index in [1.807, 2.05) is 0 Å². The topological polar surface area (TPSA) is 80.8 Å². The smallest absolute Gasteiger partial charge is 0.338 e. The molecule has 148 valence electrons. The van der Waals surface area contributed by atoms with Crippen molar-refractivity contribution in [3.63, 3.8) is 0 Å². The van der Waals surface area contributed by atoms with E-state index in [1.165, 1.54) is 28.6 Å². The van der Waals surface area contributed by atoms with E-state index < -0.39 is 28.4 Å². The average Bonchev–Trinajstić information content (AvgIpc) is 2.72. The third-order valence-corrected chi connectivity index (χ3v) is 6.93. The van der Waals surface area contributed by atoms with Crippen molar-refractivity contribution in [3.8, 4) is 0 Å². The van der Waals surface area contributed by atoms with Crippen molar-refractivity contribution < 1.29 is 22.7 Å². The second kappa shape index (κ2) is 8.98. The summed E-state index contributed by atoms with van der Waals surface area (Å²) >= 11 is 3.27. The molecule has 0 spiro atoms. The molecule has 0 atom stereocenters. The lowest BCUT2D eigenvalue weighted by Gasteiger charge is -2.25. The standard InChI is InChI=1S/C20H20BrNO5S/c21-17-6-4-5-16(13-17)20(24)27-14-19(23)15-7-9-18(10-8-15)28(25,26)22-11-2-1-3-12-22/h4-10,13H,1-3,11-12,14H2. The van der Waals surface area contributed by atoms with Crippen LogP contribution in [0.3, 0.4) is 0 Å². The van der Waals surface area contributed by atoms with Gasteiger partial charge < -0.3 is 4.74 Å². The van der Waals surface area contributed by atoms with Crippen molar-refractivity contribution in [1.29, 1.82) is 0 Å². The second-order valence-corrected chi connectivity index (χ2v) is 9.35. The van der Waals surface area contributed by atoms with E-state index in [1.54, 1.807) is 24.3 Å². The van der Waals surface area contributed by atoms with Crippen LogP contribution in [0.5, 0.6) is 0 Å². The normalized spacial score (nSPS) is 15.2. The van der Waals surface area contributed by atoms with Gasteiger partial charge in [0.15, 0.2) is 12.4 Å². The van der Waals surface area contributed by atoms with E-state index in [9.17, 15) is 18.0 Å². The van der Waals surface area contributed by atoms with E-state index >= 15 is 0 Å². The SMILES string of the molecule is O=C(COC(=O)c1cccc(Br)c1)c1ccc(S(=O)(=O)N2CCCCC2)cc1. The minimum absolute atomic E-state index is 0.164. The Morgan fingerprint density at radius 2 is 1.64 bits per heavy atom. The van der Waals surface area contributed by atoms with Crippen LogP contribution in [0.25, 0.3) is 0 Å². The molecule has 6 nitrogen and oxygen atoms in total. The average molecular weight is 466 g/mol. The molecule has 0 aromatic heterocycles. The molecule has 1 fully saturated rings. The zero-order valence-electron chi connectivity index (χ0n) is 15.1. The van der Waals surface area contributed by atoms with Gasteiger partial charge in [-0.15, -0.1) is 0 Å². The number of halogens is 1. The Morgan fingerprint density at radius 1 is 0.964 bits per heavy atom. The molecule has 0 unspecified atom stereocenters. The fraction of sp³-hybridized carbons (Fsp3) is 0.300. The molecule has 1 saturated heterocycles. The van der Waals surface area contributed by atoms with Crippen molar-refractivity contribution in [2.75, 3.05) is 19.7 Å². The van der Waals surface area contributed by atoms with Crippen LogP contribution < -0.4 is 0 Å². The molecule has 0 saturated carbocycles. The largest absolute Gasteiger partial charge is 0.454 e. The van der Waals surface area contributed by atoms with Crippen LogP contribution in [0.4, 0.5) is 0 Å². The highest BCUT2D eigenvalue weighted by molar-refractivity contribution is 9.10. The lowest BCUT2D eigenvalue weighted by Crippen LogP contribution is -2.35. The number of sulfonamides is 1. The van der Waals surface area contributed by atoms with E-state index in [0.717, 1.165) is 23.7 Å². The molecule has 0 aliphatic carbocycles. The molecule has 0 radical (unpaired) electrons. The highest BCUT2D eigenvalue weighted by Gasteiger charge is 2.26. The number of esters is 1. The maximum atomic E-state index is 12.6. The molecule has 3 rings (SSSR count). The van der Waals surface area contributed by atoms with Crippen molar-refractivity contribution in [2.45, 2.75) is 24.2 Å². The molecular weight excluding hydrogens is 446 g/mol. The Bertz CT molecular complexity index is 966. The molecule has 8 heteroatoms. The summed E-state index contributed by atoms with van der Waals surface area (Å²) in [7, 11) is -3.54. The van der Waals surface area contributed by atoms with E-state index in [-0.39, 0.29) is 4.90 Å². The fourth-order valence-electron chi connectivity index (χ4n) is 2.98. The third kappa shape index (κ3) is 4.87. The van der Waals surface area contributed by atoms with Crippen LogP contribution in [-0.4, -0.2) is 44.2 Å². The highest BCUT2D eigenvalue weighted by Crippen LogP contribution is 2.21. The molecule has 1 aliphatic rings. The van der Waals surface area contributed by atoms with Gasteiger partial charge in [-0.05, 0) is 55.3 Å². The minimum Gasteiger partial charge on any atom is -0.454 e. The summed E-state index contributed by atoms with van der Waals surface area (Å²) in [6.45, 7) is 0.632. The fourth-order valence-corrected chi connectivity index (χ4v) is 4.90. The van der Waals surface area contributed by atoms with Crippen molar-refractivity contribution in [3.05, 3.63) is 64.1 Å². The van der Waals surface area contributed by atoms with Crippen molar-refractivity contribution >= 4 is 37.7 Å². The number of ether oxygens (including phenoxy) is 1. The highest BCUT2D eigenvalue weighted by atomic mass is 79.9. The molecule has 0 amide bonds. The van der Waals surface area contributed by atoms with Crippen LogP contribution in [0.15, 0.2) is 57.9 Å². The summed E-state index contributed by atoms with van der Waals surface area (Å²) in [4.78, 5) is 24.4. The van der Waals surface area contributed by atoms with Gasteiger partial charge in [-0.1, -0.05) is 28.4 Å². The Hall–Kier alpha value is -2.03. The van der Waals surface area contributed by atoms with Crippen LogP contribution in [0, 0.1) is 0 Å². The van der Waals surface area contributed by atoms with Gasteiger partial charge in [-0.2, -0.15) is 4.31 Å². The summed E-state index contributed by atoms with van der Waals surface area (Å²) in [6, 6.07) is 12.4. The number of carbonyl (C=O) groups excluding carboxylic acids is 2. The Kier molecular flexibility index (Phi) is 6.64. The summed E-state index contributed by atoms with van der Waals surface area (Å²) in [5.41, 5.74) is 0.629. The number of hydrogen-bond acceptors (Lipinski definition) is 5. The predicted octanol–water partition coefficient (Wildman–Crippen LogP) is 3.66. The number of piperidine rings is 1. The van der Waals surface area contributed by atoms with Crippen LogP contribution in [0.2, 0.25) is 0 Å². The second-order valence-electron chi connectivity index (χ2n) is 6.50. The third-order valence-electron chi connectivity index (χ3n) is 4.52. The molecule has 2 aromatic carbocycles. The Morgan fingerprint density at radius 3 is 2.29 bits per heavy atom.